The van der Waals surface area contributed by atoms with Crippen LogP contribution in [0.4, 0.5) is 4.39 Å². The van der Waals surface area contributed by atoms with Gasteiger partial charge in [-0.25, -0.2) is 9.18 Å². The van der Waals surface area contributed by atoms with Crippen molar-refractivity contribution in [1.29, 1.82) is 0 Å². The molecule has 0 aliphatic rings. The first-order valence-electron chi connectivity index (χ1n) is 4.78. The van der Waals surface area contributed by atoms with Crippen LogP contribution in [0.15, 0.2) is 21.2 Å². The topological polar surface area (TPSA) is 39.4 Å². The van der Waals surface area contributed by atoms with E-state index < -0.39 is 11.8 Å². The molecule has 0 saturated carbocycles. The third-order valence-corrected chi connectivity index (χ3v) is 3.05. The van der Waals surface area contributed by atoms with Crippen molar-refractivity contribution in [3.8, 4) is 0 Å². The predicted molar refractivity (Wildman–Crippen MR) is 64.8 cm³/mol. The molecule has 0 aliphatic carbocycles. The minimum atomic E-state index is -0.693. The maximum Gasteiger partial charge on any atom is 0.342 e. The second-order valence-corrected chi connectivity index (χ2v) is 4.49. The van der Waals surface area contributed by atoms with Gasteiger partial charge in [-0.3, -0.25) is 0 Å². The van der Waals surface area contributed by atoms with Crippen molar-refractivity contribution in [2.75, 3.05) is 6.61 Å². The molecular weight excluding hydrogens is 314 g/mol. The van der Waals surface area contributed by atoms with Crippen LogP contribution in [0.2, 0.25) is 5.02 Å². The summed E-state index contributed by atoms with van der Waals surface area (Å²) in [5, 5.41) is -0.0563. The van der Waals surface area contributed by atoms with Gasteiger partial charge in [0.1, 0.15) is 11.8 Å². The molecule has 1 heterocycles. The van der Waals surface area contributed by atoms with Gasteiger partial charge in [-0.1, -0.05) is 11.6 Å². The number of furan rings is 1. The summed E-state index contributed by atoms with van der Waals surface area (Å²) in [6.45, 7) is 1.87. The molecule has 2 rings (SSSR count). The lowest BCUT2D eigenvalue weighted by Gasteiger charge is -2.01. The fourth-order valence-corrected chi connectivity index (χ4v) is 2.33. The van der Waals surface area contributed by atoms with Crippen LogP contribution in [0.25, 0.3) is 11.0 Å². The van der Waals surface area contributed by atoms with E-state index in [1.165, 1.54) is 6.07 Å². The molecule has 0 N–H and O–H groups in total. The summed E-state index contributed by atoms with van der Waals surface area (Å²) >= 11 is 8.89. The van der Waals surface area contributed by atoms with Gasteiger partial charge in [-0.05, 0) is 28.9 Å². The molecule has 2 aromatic rings. The van der Waals surface area contributed by atoms with Gasteiger partial charge in [0.15, 0.2) is 11.4 Å². The van der Waals surface area contributed by atoms with Crippen molar-refractivity contribution >= 4 is 44.5 Å². The predicted octanol–water partition coefficient (Wildman–Crippen LogP) is 4.16. The number of carbonyl (C=O) groups excluding carboxylic acids is 1. The molecule has 3 nitrogen and oxygen atoms in total. The highest BCUT2D eigenvalue weighted by Gasteiger charge is 2.22. The summed E-state index contributed by atoms with van der Waals surface area (Å²) in [5.41, 5.74) is 0.262. The zero-order valence-electron chi connectivity index (χ0n) is 8.72. The van der Waals surface area contributed by atoms with E-state index in [2.05, 4.69) is 15.9 Å². The van der Waals surface area contributed by atoms with Crippen molar-refractivity contribution in [2.45, 2.75) is 6.92 Å². The molecule has 0 aliphatic heterocycles. The Morgan fingerprint density at radius 1 is 1.65 bits per heavy atom. The van der Waals surface area contributed by atoms with Crippen LogP contribution >= 0.6 is 27.5 Å². The van der Waals surface area contributed by atoms with E-state index in [-0.39, 0.29) is 28.2 Å². The highest BCUT2D eigenvalue weighted by molar-refractivity contribution is 9.10. The Bertz CT molecular complexity index is 594. The molecule has 0 radical (unpaired) electrons. The van der Waals surface area contributed by atoms with E-state index in [1.807, 2.05) is 0 Å². The molecule has 0 bridgehead atoms. The Balaban J connectivity index is 2.71. The average molecular weight is 322 g/mol. The molecule has 1 aromatic carbocycles. The first kappa shape index (κ1) is 12.4. The molecule has 1 aromatic heterocycles. The van der Waals surface area contributed by atoms with Gasteiger partial charge in [0.2, 0.25) is 0 Å². The van der Waals surface area contributed by atoms with Gasteiger partial charge < -0.3 is 9.15 Å². The molecule has 0 amide bonds. The van der Waals surface area contributed by atoms with E-state index >= 15 is 0 Å². The molecule has 0 saturated heterocycles. The Morgan fingerprint density at radius 3 is 3.00 bits per heavy atom. The minimum Gasteiger partial charge on any atom is -0.462 e. The molecule has 0 atom stereocenters. The minimum absolute atomic E-state index is 0.0301. The number of ether oxygens (including phenoxy) is 1. The van der Waals surface area contributed by atoms with Crippen LogP contribution in [-0.2, 0) is 4.74 Å². The number of benzene rings is 1. The van der Waals surface area contributed by atoms with Gasteiger partial charge in [-0.2, -0.15) is 0 Å². The number of hydrogen-bond donors (Lipinski definition) is 0. The zero-order valence-corrected chi connectivity index (χ0v) is 11.1. The van der Waals surface area contributed by atoms with Crippen LogP contribution in [0, 0.1) is 5.82 Å². The average Bonchev–Trinajstić information content (AvgIpc) is 2.71. The van der Waals surface area contributed by atoms with Crippen molar-refractivity contribution in [3.63, 3.8) is 0 Å². The molecule has 0 unspecified atom stereocenters. The van der Waals surface area contributed by atoms with Crippen LogP contribution in [-0.4, -0.2) is 12.6 Å². The van der Waals surface area contributed by atoms with Crippen molar-refractivity contribution < 1.29 is 18.3 Å². The van der Waals surface area contributed by atoms with E-state index in [0.29, 0.717) is 4.47 Å². The van der Waals surface area contributed by atoms with Crippen molar-refractivity contribution in [2.24, 2.45) is 0 Å². The van der Waals surface area contributed by atoms with Gasteiger partial charge in [0.25, 0.3) is 0 Å². The summed E-state index contributed by atoms with van der Waals surface area (Å²) in [4.78, 5) is 11.6. The third kappa shape index (κ3) is 2.05. The van der Waals surface area contributed by atoms with Gasteiger partial charge in [0.05, 0.1) is 21.5 Å². The molecule has 6 heteroatoms. The third-order valence-electron chi connectivity index (χ3n) is 2.19. The zero-order chi connectivity index (χ0) is 12.6. The van der Waals surface area contributed by atoms with E-state index in [1.54, 1.807) is 6.92 Å². The lowest BCUT2D eigenvalue weighted by molar-refractivity contribution is 0.0527. The number of halogens is 3. The Kier molecular flexibility index (Phi) is 3.40. The molecule has 90 valence electrons. The fraction of sp³-hybridized carbons (Fsp3) is 0.182. The fourth-order valence-electron chi connectivity index (χ4n) is 1.47. The number of carbonyl (C=O) groups is 1. The normalized spacial score (nSPS) is 10.8. The molecular formula is C11H7BrClFO3. The Labute approximate surface area is 110 Å². The van der Waals surface area contributed by atoms with Gasteiger partial charge in [0, 0.05) is 0 Å². The quantitative estimate of drug-likeness (QED) is 0.616. The van der Waals surface area contributed by atoms with Crippen LogP contribution in [0.5, 0.6) is 0 Å². The van der Waals surface area contributed by atoms with E-state index in [4.69, 9.17) is 20.8 Å². The number of rotatable bonds is 2. The Hall–Kier alpha value is -1.07. The lowest BCUT2D eigenvalue weighted by Crippen LogP contribution is -2.04. The number of fused-ring (bicyclic) bond motifs is 1. The smallest absolute Gasteiger partial charge is 0.342 e. The lowest BCUT2D eigenvalue weighted by atomic mass is 10.1. The first-order valence-corrected chi connectivity index (χ1v) is 5.95. The van der Waals surface area contributed by atoms with Crippen LogP contribution in [0.3, 0.4) is 0 Å². The standard InChI is InChI=1S/C11H7BrClFO3/c1-2-16-11(15)5-4-17-10-6(12)3-7(13)9(14)8(5)10/h3-4H,2H2,1H3. The van der Waals surface area contributed by atoms with Gasteiger partial charge in [-0.15, -0.1) is 0 Å². The van der Waals surface area contributed by atoms with E-state index in [0.717, 1.165) is 6.26 Å². The molecule has 0 spiro atoms. The van der Waals surface area contributed by atoms with Crippen molar-refractivity contribution in [1.82, 2.24) is 0 Å². The summed E-state index contributed by atoms with van der Waals surface area (Å²) in [7, 11) is 0. The van der Waals surface area contributed by atoms with Gasteiger partial charge >= 0.3 is 5.97 Å². The van der Waals surface area contributed by atoms with Crippen LogP contribution in [0.1, 0.15) is 17.3 Å². The summed E-state index contributed by atoms with van der Waals surface area (Å²) < 4.78 is 24.3. The highest BCUT2D eigenvalue weighted by atomic mass is 79.9. The maximum atomic E-state index is 13.9. The summed E-state index contributed by atoms with van der Waals surface area (Å²) in [6, 6.07) is 1.37. The summed E-state index contributed by atoms with van der Waals surface area (Å²) in [5.74, 6) is -1.33. The summed E-state index contributed by atoms with van der Waals surface area (Å²) in [6.07, 6.45) is 1.16. The number of hydrogen-bond acceptors (Lipinski definition) is 3. The first-order chi connectivity index (χ1) is 8.06. The molecule has 0 fully saturated rings. The van der Waals surface area contributed by atoms with Crippen LogP contribution < -0.4 is 0 Å². The largest absolute Gasteiger partial charge is 0.462 e. The molecule has 17 heavy (non-hydrogen) atoms. The second-order valence-electron chi connectivity index (χ2n) is 3.23. The second kappa shape index (κ2) is 4.66. The highest BCUT2D eigenvalue weighted by Crippen LogP contribution is 2.35. The van der Waals surface area contributed by atoms with E-state index in [9.17, 15) is 9.18 Å². The monoisotopic (exact) mass is 320 g/mol. The Morgan fingerprint density at radius 2 is 2.35 bits per heavy atom. The van der Waals surface area contributed by atoms with Crippen molar-refractivity contribution in [3.05, 3.63) is 33.2 Å². The SMILES string of the molecule is CCOC(=O)c1coc2c(Br)cc(Cl)c(F)c12. The number of esters is 1. The maximum absolute atomic E-state index is 13.9.